The van der Waals surface area contributed by atoms with Gasteiger partial charge in [0.05, 0.1) is 0 Å². The summed E-state index contributed by atoms with van der Waals surface area (Å²) < 4.78 is 0. The molecule has 4 heteroatoms. The molecule has 2 aromatic rings. The number of hydrogen-bond donors (Lipinski definition) is 1. The van der Waals surface area contributed by atoms with Gasteiger partial charge in [0.25, 0.3) is 0 Å². The molecule has 1 aromatic carbocycles. The van der Waals surface area contributed by atoms with Crippen molar-refractivity contribution in [1.29, 1.82) is 0 Å². The molecule has 0 aliphatic rings. The van der Waals surface area contributed by atoms with Crippen LogP contribution in [0.15, 0.2) is 52.8 Å². The fourth-order valence-corrected chi connectivity index (χ4v) is 2.74. The molecule has 1 N–H and O–H groups in total. The lowest BCUT2D eigenvalue weighted by Gasteiger charge is -2.17. The summed E-state index contributed by atoms with van der Waals surface area (Å²) in [7, 11) is 0. The zero-order chi connectivity index (χ0) is 14.2. The molecule has 0 aliphatic heterocycles. The van der Waals surface area contributed by atoms with E-state index in [-0.39, 0.29) is 0 Å². The molecule has 2 rings (SSSR count). The molecule has 0 aliphatic carbocycles. The molecule has 1 unspecified atom stereocenters. The molecule has 20 heavy (non-hydrogen) atoms. The van der Waals surface area contributed by atoms with Crippen LogP contribution in [0.1, 0.15) is 38.3 Å². The summed E-state index contributed by atoms with van der Waals surface area (Å²) in [6, 6.07) is 11.0. The molecule has 1 atom stereocenters. The van der Waals surface area contributed by atoms with Crippen molar-refractivity contribution < 1.29 is 0 Å². The van der Waals surface area contributed by atoms with Crippen LogP contribution in [0.3, 0.4) is 0 Å². The summed E-state index contributed by atoms with van der Waals surface area (Å²) in [5, 5.41) is 4.36. The molecule has 0 bridgehead atoms. The van der Waals surface area contributed by atoms with E-state index in [0.717, 1.165) is 24.5 Å². The molecular weight excluding hydrogens is 266 g/mol. The van der Waals surface area contributed by atoms with E-state index in [4.69, 9.17) is 0 Å². The second-order valence-corrected chi connectivity index (χ2v) is 5.66. The van der Waals surface area contributed by atoms with Crippen molar-refractivity contribution in [2.45, 2.75) is 42.8 Å². The standard InChI is InChI=1S/C16H21N3S/c1-3-10-17-15(4-2)13-6-8-14(9-7-13)20-16-18-11-5-12-19-16/h5-9,11-12,15,17H,3-4,10H2,1-2H3. The molecule has 0 saturated heterocycles. The number of nitrogens with zero attached hydrogens (tertiary/aromatic N) is 2. The number of benzene rings is 1. The number of rotatable bonds is 7. The van der Waals surface area contributed by atoms with Crippen LogP contribution in [0, 0.1) is 0 Å². The highest BCUT2D eigenvalue weighted by Gasteiger charge is 2.08. The Balaban J connectivity index is 2.02. The van der Waals surface area contributed by atoms with Gasteiger partial charge in [-0.3, -0.25) is 0 Å². The Labute approximate surface area is 125 Å². The van der Waals surface area contributed by atoms with E-state index in [1.165, 1.54) is 10.5 Å². The van der Waals surface area contributed by atoms with Gasteiger partial charge >= 0.3 is 0 Å². The minimum atomic E-state index is 0.446. The van der Waals surface area contributed by atoms with Crippen molar-refractivity contribution in [1.82, 2.24) is 15.3 Å². The smallest absolute Gasteiger partial charge is 0.192 e. The monoisotopic (exact) mass is 287 g/mol. The van der Waals surface area contributed by atoms with Crippen molar-refractivity contribution in [3.8, 4) is 0 Å². The van der Waals surface area contributed by atoms with Crippen LogP contribution in [0.25, 0.3) is 0 Å². The van der Waals surface area contributed by atoms with Gasteiger partial charge in [-0.05, 0) is 54.9 Å². The second-order valence-electron chi connectivity index (χ2n) is 4.62. The largest absolute Gasteiger partial charge is 0.310 e. The molecule has 0 fully saturated rings. The third-order valence-electron chi connectivity index (χ3n) is 3.08. The van der Waals surface area contributed by atoms with Gasteiger partial charge in [-0.2, -0.15) is 0 Å². The average molecular weight is 287 g/mol. The predicted molar refractivity (Wildman–Crippen MR) is 83.9 cm³/mol. The lowest BCUT2D eigenvalue weighted by Crippen LogP contribution is -2.21. The molecule has 0 spiro atoms. The van der Waals surface area contributed by atoms with Crippen LogP contribution < -0.4 is 5.32 Å². The maximum absolute atomic E-state index is 4.23. The van der Waals surface area contributed by atoms with Crippen molar-refractivity contribution in [3.63, 3.8) is 0 Å². The normalized spacial score (nSPS) is 12.3. The van der Waals surface area contributed by atoms with Crippen molar-refractivity contribution in [2.75, 3.05) is 6.54 Å². The first-order valence-electron chi connectivity index (χ1n) is 7.11. The number of hydrogen-bond acceptors (Lipinski definition) is 4. The van der Waals surface area contributed by atoms with Gasteiger partial charge in [0.2, 0.25) is 0 Å². The van der Waals surface area contributed by atoms with Gasteiger partial charge in [-0.1, -0.05) is 26.0 Å². The van der Waals surface area contributed by atoms with E-state index in [2.05, 4.69) is 53.4 Å². The van der Waals surface area contributed by atoms with E-state index >= 15 is 0 Å². The molecule has 0 saturated carbocycles. The Bertz CT molecular complexity index is 499. The van der Waals surface area contributed by atoms with E-state index in [9.17, 15) is 0 Å². The van der Waals surface area contributed by atoms with Gasteiger partial charge in [0.15, 0.2) is 5.16 Å². The molecule has 106 valence electrons. The lowest BCUT2D eigenvalue weighted by molar-refractivity contribution is 0.518. The molecular formula is C16H21N3S. The molecule has 0 amide bonds. The first kappa shape index (κ1) is 15.0. The summed E-state index contributed by atoms with van der Waals surface area (Å²) in [6.45, 7) is 5.47. The minimum Gasteiger partial charge on any atom is -0.310 e. The highest BCUT2D eigenvalue weighted by Crippen LogP contribution is 2.26. The van der Waals surface area contributed by atoms with Crippen molar-refractivity contribution in [3.05, 3.63) is 48.3 Å². The van der Waals surface area contributed by atoms with Gasteiger partial charge in [0, 0.05) is 23.3 Å². The Kier molecular flexibility index (Phi) is 6.02. The van der Waals surface area contributed by atoms with Gasteiger partial charge in [0.1, 0.15) is 0 Å². The van der Waals surface area contributed by atoms with E-state index in [1.807, 2.05) is 6.07 Å². The van der Waals surface area contributed by atoms with E-state index in [1.54, 1.807) is 24.2 Å². The zero-order valence-corrected chi connectivity index (χ0v) is 12.9. The minimum absolute atomic E-state index is 0.446. The van der Waals surface area contributed by atoms with Crippen LogP contribution in [0.5, 0.6) is 0 Å². The van der Waals surface area contributed by atoms with Gasteiger partial charge in [-0.15, -0.1) is 0 Å². The quantitative estimate of drug-likeness (QED) is 0.779. The summed E-state index contributed by atoms with van der Waals surface area (Å²) in [4.78, 5) is 9.63. The van der Waals surface area contributed by atoms with Crippen LogP contribution in [0.2, 0.25) is 0 Å². The number of nitrogens with one attached hydrogen (secondary N) is 1. The highest BCUT2D eigenvalue weighted by atomic mass is 32.2. The van der Waals surface area contributed by atoms with Crippen LogP contribution in [-0.2, 0) is 0 Å². The third kappa shape index (κ3) is 4.32. The van der Waals surface area contributed by atoms with Crippen LogP contribution in [0.4, 0.5) is 0 Å². The first-order chi connectivity index (χ1) is 9.83. The molecule has 1 heterocycles. The molecule has 0 radical (unpaired) electrons. The van der Waals surface area contributed by atoms with Crippen molar-refractivity contribution >= 4 is 11.8 Å². The predicted octanol–water partition coefficient (Wildman–Crippen LogP) is 4.08. The Hall–Kier alpha value is -1.39. The maximum atomic E-state index is 4.23. The van der Waals surface area contributed by atoms with Crippen molar-refractivity contribution in [2.24, 2.45) is 0 Å². The Morgan fingerprint density at radius 3 is 2.40 bits per heavy atom. The van der Waals surface area contributed by atoms with Crippen LogP contribution in [-0.4, -0.2) is 16.5 Å². The summed E-state index contributed by atoms with van der Waals surface area (Å²) in [5.41, 5.74) is 1.35. The second kappa shape index (κ2) is 8.02. The molecule has 3 nitrogen and oxygen atoms in total. The molecule has 1 aromatic heterocycles. The maximum Gasteiger partial charge on any atom is 0.192 e. The van der Waals surface area contributed by atoms with E-state index < -0.39 is 0 Å². The van der Waals surface area contributed by atoms with E-state index in [0.29, 0.717) is 6.04 Å². The Morgan fingerprint density at radius 2 is 1.80 bits per heavy atom. The summed E-state index contributed by atoms with van der Waals surface area (Å²) in [5.74, 6) is 0. The summed E-state index contributed by atoms with van der Waals surface area (Å²) >= 11 is 1.59. The average Bonchev–Trinajstić information content (AvgIpc) is 2.50. The lowest BCUT2D eigenvalue weighted by atomic mass is 10.0. The van der Waals surface area contributed by atoms with Gasteiger partial charge in [-0.25, -0.2) is 9.97 Å². The summed E-state index contributed by atoms with van der Waals surface area (Å²) in [6.07, 6.45) is 5.81. The number of aromatic nitrogens is 2. The SMILES string of the molecule is CCCNC(CC)c1ccc(Sc2ncccn2)cc1. The van der Waals surface area contributed by atoms with Gasteiger partial charge < -0.3 is 5.32 Å². The zero-order valence-electron chi connectivity index (χ0n) is 12.0. The Morgan fingerprint density at radius 1 is 1.10 bits per heavy atom. The highest BCUT2D eigenvalue weighted by molar-refractivity contribution is 7.99. The van der Waals surface area contributed by atoms with Crippen LogP contribution >= 0.6 is 11.8 Å². The first-order valence-corrected chi connectivity index (χ1v) is 7.93. The third-order valence-corrected chi connectivity index (χ3v) is 3.98. The topological polar surface area (TPSA) is 37.8 Å². The fraction of sp³-hybridized carbons (Fsp3) is 0.375. The fourth-order valence-electron chi connectivity index (χ4n) is 2.03.